The zero-order chi connectivity index (χ0) is 17.1. The van der Waals surface area contributed by atoms with Crippen molar-refractivity contribution in [2.24, 2.45) is 5.92 Å². The predicted molar refractivity (Wildman–Crippen MR) is 97.6 cm³/mol. The van der Waals surface area contributed by atoms with Gasteiger partial charge in [0, 0.05) is 50.9 Å². The van der Waals surface area contributed by atoms with Gasteiger partial charge >= 0.3 is 0 Å². The standard InChI is InChI=1S/C20H27N3O2/c1-24-14-16-4-7-23(13-16)12-15-2-3-19-18(10-15)11-21-20(22-19)17-5-8-25-9-6-17/h2-3,10-11,16-17H,4-9,12-14H2,1H3. The monoisotopic (exact) mass is 341 g/mol. The zero-order valence-corrected chi connectivity index (χ0v) is 15.0. The highest BCUT2D eigenvalue weighted by molar-refractivity contribution is 5.78. The van der Waals surface area contributed by atoms with Gasteiger partial charge in [-0.05, 0) is 49.4 Å². The van der Waals surface area contributed by atoms with E-state index in [1.54, 1.807) is 7.11 Å². The van der Waals surface area contributed by atoms with Crippen LogP contribution in [0.3, 0.4) is 0 Å². The first-order valence-corrected chi connectivity index (χ1v) is 9.36. The minimum Gasteiger partial charge on any atom is -0.384 e. The Morgan fingerprint density at radius 1 is 1.24 bits per heavy atom. The van der Waals surface area contributed by atoms with E-state index in [0.717, 1.165) is 69.0 Å². The summed E-state index contributed by atoms with van der Waals surface area (Å²) >= 11 is 0. The Kier molecular flexibility index (Phi) is 5.25. The fraction of sp³-hybridized carbons (Fsp3) is 0.600. The van der Waals surface area contributed by atoms with Crippen molar-refractivity contribution in [3.8, 4) is 0 Å². The molecule has 2 aliphatic rings. The minimum atomic E-state index is 0.445. The molecule has 2 aromatic rings. The molecule has 3 heterocycles. The number of hydrogen-bond acceptors (Lipinski definition) is 5. The third-order valence-corrected chi connectivity index (χ3v) is 5.43. The summed E-state index contributed by atoms with van der Waals surface area (Å²) in [5.41, 5.74) is 2.40. The van der Waals surface area contributed by atoms with Crippen LogP contribution in [0.25, 0.3) is 10.9 Å². The van der Waals surface area contributed by atoms with E-state index >= 15 is 0 Å². The lowest BCUT2D eigenvalue weighted by molar-refractivity contribution is 0.0836. The number of nitrogens with zero attached hydrogens (tertiary/aromatic N) is 3. The molecule has 1 atom stereocenters. The molecule has 0 N–H and O–H groups in total. The molecular weight excluding hydrogens is 314 g/mol. The van der Waals surface area contributed by atoms with Crippen molar-refractivity contribution < 1.29 is 9.47 Å². The van der Waals surface area contributed by atoms with Crippen molar-refractivity contribution in [3.63, 3.8) is 0 Å². The topological polar surface area (TPSA) is 47.5 Å². The molecule has 25 heavy (non-hydrogen) atoms. The second-order valence-electron chi connectivity index (χ2n) is 7.35. The predicted octanol–water partition coefficient (Wildman–Crippen LogP) is 2.99. The molecule has 0 aliphatic carbocycles. The third-order valence-electron chi connectivity index (χ3n) is 5.43. The minimum absolute atomic E-state index is 0.445. The molecule has 134 valence electrons. The number of fused-ring (bicyclic) bond motifs is 1. The lowest BCUT2D eigenvalue weighted by Crippen LogP contribution is -2.21. The van der Waals surface area contributed by atoms with Gasteiger partial charge in [-0.25, -0.2) is 9.97 Å². The average Bonchev–Trinajstić information content (AvgIpc) is 3.09. The summed E-state index contributed by atoms with van der Waals surface area (Å²) in [5.74, 6) is 2.10. The quantitative estimate of drug-likeness (QED) is 0.837. The maximum atomic E-state index is 5.44. The van der Waals surface area contributed by atoms with Gasteiger partial charge in [-0.1, -0.05) is 6.07 Å². The number of methoxy groups -OCH3 is 1. The molecule has 0 saturated carbocycles. The number of ether oxygens (including phenoxy) is 2. The summed E-state index contributed by atoms with van der Waals surface area (Å²) in [6.07, 6.45) is 5.29. The molecule has 2 saturated heterocycles. The molecule has 2 aliphatic heterocycles. The van der Waals surface area contributed by atoms with E-state index in [1.807, 2.05) is 6.20 Å². The van der Waals surface area contributed by atoms with Crippen LogP contribution in [0.2, 0.25) is 0 Å². The number of hydrogen-bond donors (Lipinski definition) is 0. The lowest BCUT2D eigenvalue weighted by atomic mass is 9.99. The van der Waals surface area contributed by atoms with Gasteiger partial charge in [0.1, 0.15) is 5.82 Å². The van der Waals surface area contributed by atoms with Crippen molar-refractivity contribution in [3.05, 3.63) is 35.8 Å². The van der Waals surface area contributed by atoms with E-state index in [4.69, 9.17) is 14.5 Å². The van der Waals surface area contributed by atoms with Gasteiger partial charge in [-0.15, -0.1) is 0 Å². The van der Waals surface area contributed by atoms with Crippen LogP contribution in [0, 0.1) is 5.92 Å². The molecule has 0 bridgehead atoms. The second-order valence-corrected chi connectivity index (χ2v) is 7.35. The normalized spacial score (nSPS) is 22.7. The van der Waals surface area contributed by atoms with Crippen LogP contribution in [-0.2, 0) is 16.0 Å². The highest BCUT2D eigenvalue weighted by atomic mass is 16.5. The van der Waals surface area contributed by atoms with Gasteiger partial charge in [-0.2, -0.15) is 0 Å². The van der Waals surface area contributed by atoms with Crippen molar-refractivity contribution in [2.75, 3.05) is 40.0 Å². The van der Waals surface area contributed by atoms with Crippen LogP contribution in [0.4, 0.5) is 0 Å². The summed E-state index contributed by atoms with van der Waals surface area (Å²) in [4.78, 5) is 12.0. The van der Waals surface area contributed by atoms with Crippen molar-refractivity contribution in [1.82, 2.24) is 14.9 Å². The first-order valence-electron chi connectivity index (χ1n) is 9.36. The Morgan fingerprint density at radius 2 is 2.12 bits per heavy atom. The molecule has 2 fully saturated rings. The number of aromatic nitrogens is 2. The Hall–Kier alpha value is -1.56. The molecule has 5 nitrogen and oxygen atoms in total. The highest BCUT2D eigenvalue weighted by Gasteiger charge is 2.22. The number of rotatable bonds is 5. The smallest absolute Gasteiger partial charge is 0.132 e. The third kappa shape index (κ3) is 4.00. The first kappa shape index (κ1) is 16.9. The average molecular weight is 341 g/mol. The summed E-state index contributed by atoms with van der Waals surface area (Å²) in [5, 5.41) is 1.14. The van der Waals surface area contributed by atoms with E-state index < -0.39 is 0 Å². The lowest BCUT2D eigenvalue weighted by Gasteiger charge is -2.21. The number of benzene rings is 1. The summed E-state index contributed by atoms with van der Waals surface area (Å²) in [7, 11) is 1.79. The Morgan fingerprint density at radius 3 is 2.96 bits per heavy atom. The SMILES string of the molecule is COCC1CCN(Cc2ccc3nc(C4CCOCC4)ncc3c2)C1. The van der Waals surface area contributed by atoms with Crippen LogP contribution in [0.15, 0.2) is 24.4 Å². The Balaban J connectivity index is 1.45. The fourth-order valence-electron chi connectivity index (χ4n) is 4.03. The molecule has 0 spiro atoms. The maximum Gasteiger partial charge on any atom is 0.132 e. The van der Waals surface area contributed by atoms with Crippen LogP contribution >= 0.6 is 0 Å². The molecule has 1 aromatic carbocycles. The van der Waals surface area contributed by atoms with Gasteiger partial charge in [-0.3, -0.25) is 4.90 Å². The van der Waals surface area contributed by atoms with Crippen molar-refractivity contribution >= 4 is 10.9 Å². The molecule has 1 unspecified atom stereocenters. The summed E-state index contributed by atoms with van der Waals surface area (Å²) < 4.78 is 10.7. The van der Waals surface area contributed by atoms with E-state index in [9.17, 15) is 0 Å². The summed E-state index contributed by atoms with van der Waals surface area (Å²) in [6.45, 7) is 5.81. The van der Waals surface area contributed by atoms with E-state index in [1.165, 1.54) is 12.0 Å². The zero-order valence-electron chi connectivity index (χ0n) is 15.0. The van der Waals surface area contributed by atoms with Gasteiger partial charge in [0.25, 0.3) is 0 Å². The van der Waals surface area contributed by atoms with Crippen molar-refractivity contribution in [2.45, 2.75) is 31.7 Å². The molecule has 0 amide bonds. The van der Waals surface area contributed by atoms with Crippen molar-refractivity contribution in [1.29, 1.82) is 0 Å². The van der Waals surface area contributed by atoms with Gasteiger partial charge in [0.2, 0.25) is 0 Å². The highest BCUT2D eigenvalue weighted by Crippen LogP contribution is 2.26. The molecule has 4 rings (SSSR count). The number of likely N-dealkylation sites (tertiary alicyclic amines) is 1. The molecule has 1 aromatic heterocycles. The van der Waals surface area contributed by atoms with Gasteiger partial charge < -0.3 is 9.47 Å². The molecular formula is C20H27N3O2. The second kappa shape index (κ2) is 7.77. The Labute approximate surface area is 149 Å². The van der Waals surface area contributed by atoms with Gasteiger partial charge in [0.15, 0.2) is 0 Å². The fourth-order valence-corrected chi connectivity index (χ4v) is 4.03. The van der Waals surface area contributed by atoms with Crippen LogP contribution in [-0.4, -0.2) is 54.9 Å². The van der Waals surface area contributed by atoms with E-state index in [0.29, 0.717) is 11.8 Å². The van der Waals surface area contributed by atoms with E-state index in [-0.39, 0.29) is 0 Å². The summed E-state index contributed by atoms with van der Waals surface area (Å²) in [6, 6.07) is 6.61. The van der Waals surface area contributed by atoms with E-state index in [2.05, 4.69) is 28.1 Å². The molecule has 5 heteroatoms. The molecule has 0 radical (unpaired) electrons. The van der Waals surface area contributed by atoms with Gasteiger partial charge in [0.05, 0.1) is 12.1 Å². The largest absolute Gasteiger partial charge is 0.384 e. The van der Waals surface area contributed by atoms with Crippen LogP contribution < -0.4 is 0 Å². The van der Waals surface area contributed by atoms with Crippen LogP contribution in [0.5, 0.6) is 0 Å². The first-order chi connectivity index (χ1) is 12.3. The van der Waals surface area contributed by atoms with Crippen LogP contribution in [0.1, 0.15) is 36.6 Å². The maximum absolute atomic E-state index is 5.44. The Bertz CT molecular complexity index is 715.